The minimum Gasteiger partial charge on any atom is -0.290 e. The molecule has 2 heterocycles. The molecule has 2 aromatic heterocycles. The van der Waals surface area contributed by atoms with Crippen molar-refractivity contribution in [2.45, 2.75) is 0 Å². The summed E-state index contributed by atoms with van der Waals surface area (Å²) in [5.41, 5.74) is -0.346. The van der Waals surface area contributed by atoms with Crippen LogP contribution < -0.4 is 10.6 Å². The topological polar surface area (TPSA) is 79.2 Å². The molecule has 0 aliphatic rings. The number of rotatable bonds is 4. The summed E-state index contributed by atoms with van der Waals surface area (Å²) >= 11 is 3.17. The van der Waals surface area contributed by atoms with Crippen LogP contribution in [0.3, 0.4) is 0 Å². The van der Waals surface area contributed by atoms with Gasteiger partial charge in [0.25, 0.3) is 5.56 Å². The minimum atomic E-state index is -0.346. The fourth-order valence-corrected chi connectivity index (χ4v) is 1.67. The fraction of sp³-hybridized carbons (Fsp3) is 0. The molecule has 0 saturated heterocycles. The first-order valence-corrected chi connectivity index (χ1v) is 5.65. The Kier molecular flexibility index (Phi) is 3.38. The number of anilines is 1. The molecule has 0 aliphatic heterocycles. The molecule has 0 saturated carbocycles. The third kappa shape index (κ3) is 2.09. The van der Waals surface area contributed by atoms with Gasteiger partial charge in [-0.3, -0.25) is 9.78 Å². The molecule has 2 aromatic rings. The lowest BCUT2D eigenvalue weighted by Gasteiger charge is -2.12. The van der Waals surface area contributed by atoms with Crippen LogP contribution in [0.15, 0.2) is 45.6 Å². The molecule has 18 heavy (non-hydrogen) atoms. The van der Waals surface area contributed by atoms with Crippen molar-refractivity contribution in [1.29, 1.82) is 0 Å². The summed E-state index contributed by atoms with van der Waals surface area (Å²) in [6.45, 7) is 6.91. The molecule has 2 rings (SSSR count). The molecule has 0 aliphatic carbocycles. The fourth-order valence-electron chi connectivity index (χ4n) is 1.30. The van der Waals surface area contributed by atoms with E-state index in [0.717, 1.165) is 0 Å². The molecule has 0 fully saturated rings. The number of aromatic amines is 1. The van der Waals surface area contributed by atoms with Gasteiger partial charge in [0.2, 0.25) is 5.95 Å². The molecule has 0 radical (unpaired) electrons. The Morgan fingerprint density at radius 3 is 2.94 bits per heavy atom. The molecular formula is C10H9BrN6O. The zero-order valence-electron chi connectivity index (χ0n) is 9.25. The Hall–Kier alpha value is -2.22. The van der Waals surface area contributed by atoms with Crippen molar-refractivity contribution < 1.29 is 0 Å². The third-order valence-electron chi connectivity index (χ3n) is 2.10. The maximum absolute atomic E-state index is 11.8. The highest BCUT2D eigenvalue weighted by molar-refractivity contribution is 9.10. The van der Waals surface area contributed by atoms with Crippen molar-refractivity contribution in [3.05, 3.63) is 46.1 Å². The van der Waals surface area contributed by atoms with Gasteiger partial charge >= 0.3 is 0 Å². The third-order valence-corrected chi connectivity index (χ3v) is 2.81. The Labute approximate surface area is 111 Å². The standard InChI is InChI=1S/C10H9BrN6O/c1-3-16(12-2)10-14-8(7(11)9(18)15-10)17-6-4-5-13-17/h3-6H,1-2H2,(H,14,15,18). The van der Waals surface area contributed by atoms with E-state index < -0.39 is 0 Å². The van der Waals surface area contributed by atoms with Crippen molar-refractivity contribution >= 4 is 28.6 Å². The van der Waals surface area contributed by atoms with Crippen LogP contribution in [0, 0.1) is 0 Å². The van der Waals surface area contributed by atoms with Crippen LogP contribution in [-0.4, -0.2) is 26.5 Å². The highest BCUT2D eigenvalue weighted by Gasteiger charge is 2.13. The van der Waals surface area contributed by atoms with Gasteiger partial charge in [-0.1, -0.05) is 6.58 Å². The summed E-state index contributed by atoms with van der Waals surface area (Å²) in [7, 11) is 0. The molecule has 1 N–H and O–H groups in total. The first-order chi connectivity index (χ1) is 8.67. The number of aromatic nitrogens is 4. The summed E-state index contributed by atoms with van der Waals surface area (Å²) in [6, 6.07) is 1.73. The number of hydrazone groups is 1. The highest BCUT2D eigenvalue weighted by Crippen LogP contribution is 2.16. The Morgan fingerprint density at radius 1 is 1.61 bits per heavy atom. The van der Waals surface area contributed by atoms with Crippen LogP contribution in [0.4, 0.5) is 5.95 Å². The lowest BCUT2D eigenvalue weighted by atomic mass is 10.5. The lowest BCUT2D eigenvalue weighted by molar-refractivity contribution is 0.818. The predicted molar refractivity (Wildman–Crippen MR) is 71.9 cm³/mol. The van der Waals surface area contributed by atoms with Crippen molar-refractivity contribution in [1.82, 2.24) is 19.7 Å². The zero-order valence-corrected chi connectivity index (χ0v) is 10.8. The van der Waals surface area contributed by atoms with Gasteiger partial charge in [0, 0.05) is 25.3 Å². The molecule has 0 spiro atoms. The second-order valence-electron chi connectivity index (χ2n) is 3.15. The van der Waals surface area contributed by atoms with E-state index in [1.165, 1.54) is 15.9 Å². The van der Waals surface area contributed by atoms with E-state index in [-0.39, 0.29) is 16.0 Å². The largest absolute Gasteiger partial charge is 0.290 e. The quantitative estimate of drug-likeness (QED) is 0.681. The van der Waals surface area contributed by atoms with Gasteiger partial charge in [0.1, 0.15) is 4.47 Å². The summed E-state index contributed by atoms with van der Waals surface area (Å²) < 4.78 is 1.75. The molecular weight excluding hydrogens is 300 g/mol. The van der Waals surface area contributed by atoms with Gasteiger partial charge in [-0.15, -0.1) is 0 Å². The second-order valence-corrected chi connectivity index (χ2v) is 3.94. The van der Waals surface area contributed by atoms with Crippen LogP contribution in [-0.2, 0) is 0 Å². The normalized spacial score (nSPS) is 10.1. The molecule has 8 heteroatoms. The number of nitrogens with zero attached hydrogens (tertiary/aromatic N) is 5. The lowest BCUT2D eigenvalue weighted by Crippen LogP contribution is -2.20. The minimum absolute atomic E-state index is 0.207. The van der Waals surface area contributed by atoms with E-state index in [4.69, 9.17) is 0 Å². The second kappa shape index (κ2) is 4.96. The number of H-pyrrole nitrogens is 1. The number of halogens is 1. The number of hydrogen-bond acceptors (Lipinski definition) is 5. The predicted octanol–water partition coefficient (Wildman–Crippen LogP) is 1.28. The molecule has 0 amide bonds. The Morgan fingerprint density at radius 2 is 2.39 bits per heavy atom. The van der Waals surface area contributed by atoms with Crippen LogP contribution in [0.25, 0.3) is 5.82 Å². The molecule has 0 aromatic carbocycles. The van der Waals surface area contributed by atoms with E-state index in [1.807, 2.05) is 0 Å². The van der Waals surface area contributed by atoms with Gasteiger partial charge in [-0.25, -0.2) is 9.69 Å². The molecule has 7 nitrogen and oxygen atoms in total. The summed E-state index contributed by atoms with van der Waals surface area (Å²) in [5.74, 6) is 0.563. The number of nitrogens with one attached hydrogen (secondary N) is 1. The zero-order chi connectivity index (χ0) is 13.1. The van der Waals surface area contributed by atoms with E-state index in [0.29, 0.717) is 5.82 Å². The van der Waals surface area contributed by atoms with Gasteiger partial charge in [0.05, 0.1) is 0 Å². The van der Waals surface area contributed by atoms with Crippen LogP contribution in [0.2, 0.25) is 0 Å². The maximum Gasteiger partial charge on any atom is 0.268 e. The average molecular weight is 309 g/mol. The van der Waals surface area contributed by atoms with Crippen molar-refractivity contribution in [2.75, 3.05) is 5.01 Å². The first-order valence-electron chi connectivity index (χ1n) is 4.85. The molecule has 92 valence electrons. The monoisotopic (exact) mass is 308 g/mol. The van der Waals surface area contributed by atoms with E-state index in [2.05, 4.69) is 49.4 Å². The van der Waals surface area contributed by atoms with Crippen molar-refractivity contribution in [3.63, 3.8) is 0 Å². The molecule has 0 unspecified atom stereocenters. The van der Waals surface area contributed by atoms with Crippen LogP contribution in [0.5, 0.6) is 0 Å². The Bertz CT molecular complexity index is 624. The molecule has 0 atom stereocenters. The van der Waals surface area contributed by atoms with E-state index >= 15 is 0 Å². The molecule has 0 bridgehead atoms. The van der Waals surface area contributed by atoms with Gasteiger partial charge in [-0.2, -0.15) is 15.2 Å². The van der Waals surface area contributed by atoms with Gasteiger partial charge in [0.15, 0.2) is 5.82 Å². The van der Waals surface area contributed by atoms with Crippen LogP contribution in [0.1, 0.15) is 0 Å². The van der Waals surface area contributed by atoms with Gasteiger partial charge in [-0.05, 0) is 22.0 Å². The van der Waals surface area contributed by atoms with E-state index in [1.54, 1.807) is 18.5 Å². The summed E-state index contributed by atoms with van der Waals surface area (Å²) in [6.07, 6.45) is 4.65. The highest BCUT2D eigenvalue weighted by atomic mass is 79.9. The van der Waals surface area contributed by atoms with Crippen LogP contribution >= 0.6 is 15.9 Å². The first kappa shape index (κ1) is 12.2. The summed E-state index contributed by atoms with van der Waals surface area (Å²) in [5, 5.41) is 8.93. The number of hydrogen-bond donors (Lipinski definition) is 1. The van der Waals surface area contributed by atoms with E-state index in [9.17, 15) is 4.79 Å². The smallest absolute Gasteiger partial charge is 0.268 e. The van der Waals surface area contributed by atoms with Crippen molar-refractivity contribution in [3.8, 4) is 5.82 Å². The Balaban J connectivity index is 2.64. The summed E-state index contributed by atoms with van der Waals surface area (Å²) in [4.78, 5) is 18.6. The average Bonchev–Trinajstić information content (AvgIpc) is 2.88. The van der Waals surface area contributed by atoms with Crippen molar-refractivity contribution in [2.24, 2.45) is 5.10 Å². The SMILES string of the molecule is C=CN(N=C)c1nc(-n2cccn2)c(Br)c(=O)[nH]1. The van der Waals surface area contributed by atoms with Gasteiger partial charge < -0.3 is 0 Å². The maximum atomic E-state index is 11.8.